The van der Waals surface area contributed by atoms with E-state index in [9.17, 15) is 18.3 Å². The van der Waals surface area contributed by atoms with Gasteiger partial charge in [-0.3, -0.25) is 4.79 Å². The number of hydrogen-bond donors (Lipinski definition) is 3. The van der Waals surface area contributed by atoms with E-state index in [2.05, 4.69) is 10.0 Å². The Hall–Kier alpha value is -2.38. The van der Waals surface area contributed by atoms with E-state index in [1.165, 1.54) is 0 Å². The van der Waals surface area contributed by atoms with Crippen molar-refractivity contribution < 1.29 is 18.3 Å². The second kappa shape index (κ2) is 8.33. The number of sulfonamides is 1. The van der Waals surface area contributed by atoms with Crippen LogP contribution in [-0.4, -0.2) is 26.0 Å². The van der Waals surface area contributed by atoms with Gasteiger partial charge < -0.3 is 10.4 Å². The lowest BCUT2D eigenvalue weighted by Crippen LogP contribution is -2.26. The topological polar surface area (TPSA) is 95.5 Å². The molecule has 0 aromatic heterocycles. The van der Waals surface area contributed by atoms with Crippen LogP contribution in [0, 0.1) is 20.8 Å². The first kappa shape index (κ1) is 19.9. The van der Waals surface area contributed by atoms with Gasteiger partial charge >= 0.3 is 0 Å². The fourth-order valence-electron chi connectivity index (χ4n) is 2.38. The fraction of sp³-hybridized carbons (Fsp3) is 0.316. The van der Waals surface area contributed by atoms with Crippen LogP contribution in [0.5, 0.6) is 5.75 Å². The Kier molecular flexibility index (Phi) is 6.39. The summed E-state index contributed by atoms with van der Waals surface area (Å²) in [4.78, 5) is 12.1. The molecule has 0 aliphatic rings. The number of phenolic OH excluding ortho intramolecular Hbond substituents is 1. The van der Waals surface area contributed by atoms with Gasteiger partial charge in [0.25, 0.3) is 0 Å². The summed E-state index contributed by atoms with van der Waals surface area (Å²) in [6.45, 7) is 5.78. The van der Waals surface area contributed by atoms with Gasteiger partial charge in [-0.1, -0.05) is 12.1 Å². The molecule has 3 N–H and O–H groups in total. The van der Waals surface area contributed by atoms with Crippen LogP contribution in [0.2, 0.25) is 0 Å². The summed E-state index contributed by atoms with van der Waals surface area (Å²) in [5.74, 6) is -0.275. The van der Waals surface area contributed by atoms with Gasteiger partial charge in [0.15, 0.2) is 0 Å². The zero-order chi connectivity index (χ0) is 19.3. The van der Waals surface area contributed by atoms with E-state index in [1.807, 2.05) is 20.8 Å². The molecule has 0 saturated carbocycles. The van der Waals surface area contributed by atoms with Crippen LogP contribution in [0.1, 0.15) is 29.5 Å². The van der Waals surface area contributed by atoms with Crippen molar-refractivity contribution in [2.24, 2.45) is 0 Å². The number of aryl methyl sites for hydroxylation is 3. The lowest BCUT2D eigenvalue weighted by molar-refractivity contribution is -0.116. The second-order valence-corrected chi connectivity index (χ2v) is 8.08. The van der Waals surface area contributed by atoms with Crippen LogP contribution in [0.4, 0.5) is 5.69 Å². The van der Waals surface area contributed by atoms with E-state index < -0.39 is 10.0 Å². The Morgan fingerprint density at radius 1 is 1.04 bits per heavy atom. The Morgan fingerprint density at radius 2 is 1.77 bits per heavy atom. The van der Waals surface area contributed by atoms with Crippen molar-refractivity contribution in [2.45, 2.75) is 38.5 Å². The molecular weight excluding hydrogens is 352 g/mol. The van der Waals surface area contributed by atoms with Gasteiger partial charge in [0.1, 0.15) is 5.75 Å². The van der Waals surface area contributed by atoms with E-state index in [-0.39, 0.29) is 29.5 Å². The standard InChI is InChI=1S/C19H24N2O4S/c1-13-6-9-17(18(22)11-13)21-19(23)5-4-10-20-26(24,25)16-8-7-14(2)15(3)12-16/h6-9,11-12,20,22H,4-5,10H2,1-3H3,(H,21,23). The highest BCUT2D eigenvalue weighted by atomic mass is 32.2. The molecule has 1 amide bonds. The lowest BCUT2D eigenvalue weighted by atomic mass is 10.1. The van der Waals surface area contributed by atoms with Crippen LogP contribution < -0.4 is 10.0 Å². The maximum atomic E-state index is 12.3. The largest absolute Gasteiger partial charge is 0.506 e. The molecule has 140 valence electrons. The monoisotopic (exact) mass is 376 g/mol. The number of benzene rings is 2. The number of aromatic hydroxyl groups is 1. The number of carbonyl (C=O) groups excluding carboxylic acids is 1. The highest BCUT2D eigenvalue weighted by Crippen LogP contribution is 2.24. The van der Waals surface area contributed by atoms with Crippen LogP contribution in [0.15, 0.2) is 41.3 Å². The quantitative estimate of drug-likeness (QED) is 0.511. The van der Waals surface area contributed by atoms with E-state index in [0.29, 0.717) is 12.1 Å². The maximum Gasteiger partial charge on any atom is 0.240 e. The summed E-state index contributed by atoms with van der Waals surface area (Å²) in [7, 11) is -3.59. The molecule has 0 heterocycles. The summed E-state index contributed by atoms with van der Waals surface area (Å²) >= 11 is 0. The van der Waals surface area contributed by atoms with Crippen molar-refractivity contribution in [2.75, 3.05) is 11.9 Å². The first-order valence-corrected chi connectivity index (χ1v) is 9.84. The average molecular weight is 376 g/mol. The molecule has 0 radical (unpaired) electrons. The number of carbonyl (C=O) groups is 1. The molecule has 0 aliphatic carbocycles. The molecule has 2 aromatic carbocycles. The number of amides is 1. The van der Waals surface area contributed by atoms with E-state index >= 15 is 0 Å². The minimum absolute atomic E-state index is 0.00814. The SMILES string of the molecule is Cc1ccc(NC(=O)CCCNS(=O)(=O)c2ccc(C)c(C)c2)c(O)c1. The lowest BCUT2D eigenvalue weighted by Gasteiger charge is -2.10. The molecule has 2 rings (SSSR count). The first-order chi connectivity index (χ1) is 12.2. The molecule has 0 saturated heterocycles. The van der Waals surface area contributed by atoms with Crippen LogP contribution in [0.25, 0.3) is 0 Å². The van der Waals surface area contributed by atoms with Gasteiger partial charge in [0.05, 0.1) is 10.6 Å². The Bertz CT molecular complexity index is 908. The van der Waals surface area contributed by atoms with E-state index in [0.717, 1.165) is 16.7 Å². The molecule has 0 aliphatic heterocycles. The molecule has 7 heteroatoms. The predicted molar refractivity (Wildman–Crippen MR) is 102 cm³/mol. The fourth-order valence-corrected chi connectivity index (χ4v) is 3.54. The van der Waals surface area contributed by atoms with E-state index in [1.54, 1.807) is 36.4 Å². The van der Waals surface area contributed by atoms with Gasteiger partial charge in [-0.2, -0.15) is 0 Å². The molecule has 6 nitrogen and oxygen atoms in total. The van der Waals surface area contributed by atoms with Crippen molar-refractivity contribution in [3.63, 3.8) is 0 Å². The Balaban J connectivity index is 1.83. The Labute approximate surface area is 154 Å². The number of nitrogens with one attached hydrogen (secondary N) is 2. The zero-order valence-corrected chi connectivity index (χ0v) is 16.0. The molecule has 0 atom stereocenters. The third kappa shape index (κ3) is 5.31. The number of rotatable bonds is 7. The Morgan fingerprint density at radius 3 is 2.42 bits per heavy atom. The average Bonchev–Trinajstić information content (AvgIpc) is 2.56. The van der Waals surface area contributed by atoms with Gasteiger partial charge in [0.2, 0.25) is 15.9 Å². The van der Waals surface area contributed by atoms with Gasteiger partial charge in [-0.05, 0) is 68.1 Å². The smallest absolute Gasteiger partial charge is 0.240 e. The van der Waals surface area contributed by atoms with Crippen molar-refractivity contribution in [3.05, 3.63) is 53.1 Å². The van der Waals surface area contributed by atoms with Crippen LogP contribution >= 0.6 is 0 Å². The summed E-state index contributed by atoms with van der Waals surface area (Å²) in [6, 6.07) is 9.94. The highest BCUT2D eigenvalue weighted by Gasteiger charge is 2.14. The van der Waals surface area contributed by atoms with Crippen LogP contribution in [-0.2, 0) is 14.8 Å². The number of anilines is 1. The summed E-state index contributed by atoms with van der Waals surface area (Å²) in [5, 5.41) is 12.4. The third-order valence-corrected chi connectivity index (χ3v) is 5.55. The molecule has 0 fully saturated rings. The highest BCUT2D eigenvalue weighted by molar-refractivity contribution is 7.89. The maximum absolute atomic E-state index is 12.3. The third-order valence-electron chi connectivity index (χ3n) is 4.09. The minimum Gasteiger partial charge on any atom is -0.506 e. The van der Waals surface area contributed by atoms with Crippen molar-refractivity contribution in [1.82, 2.24) is 4.72 Å². The van der Waals surface area contributed by atoms with E-state index in [4.69, 9.17) is 0 Å². The molecule has 26 heavy (non-hydrogen) atoms. The molecular formula is C19H24N2O4S. The minimum atomic E-state index is -3.59. The van der Waals surface area contributed by atoms with Crippen molar-refractivity contribution in [1.29, 1.82) is 0 Å². The number of phenols is 1. The summed E-state index contributed by atoms with van der Waals surface area (Å²) in [6.07, 6.45) is 0.491. The predicted octanol–water partition coefficient (Wildman–Crippen LogP) is 3.01. The first-order valence-electron chi connectivity index (χ1n) is 8.35. The summed E-state index contributed by atoms with van der Waals surface area (Å²) in [5.41, 5.74) is 3.17. The van der Waals surface area contributed by atoms with Crippen molar-refractivity contribution in [3.8, 4) is 5.75 Å². The molecule has 0 spiro atoms. The molecule has 0 unspecified atom stereocenters. The molecule has 2 aromatic rings. The second-order valence-electron chi connectivity index (χ2n) is 6.32. The zero-order valence-electron chi connectivity index (χ0n) is 15.2. The van der Waals surface area contributed by atoms with Crippen LogP contribution in [0.3, 0.4) is 0 Å². The molecule has 0 bridgehead atoms. The summed E-state index contributed by atoms with van der Waals surface area (Å²) < 4.78 is 27.0. The van der Waals surface area contributed by atoms with Gasteiger partial charge in [-0.25, -0.2) is 13.1 Å². The normalized spacial score (nSPS) is 11.3. The van der Waals surface area contributed by atoms with Gasteiger partial charge in [-0.15, -0.1) is 0 Å². The van der Waals surface area contributed by atoms with Crippen molar-refractivity contribution >= 4 is 21.6 Å². The van der Waals surface area contributed by atoms with Gasteiger partial charge in [0, 0.05) is 13.0 Å². The number of hydrogen-bond acceptors (Lipinski definition) is 4.